The summed E-state index contributed by atoms with van der Waals surface area (Å²) >= 11 is 0. The summed E-state index contributed by atoms with van der Waals surface area (Å²) in [5.41, 5.74) is 2.86. The zero-order chi connectivity index (χ0) is 14.4. The maximum Gasteiger partial charge on any atom is 0.253 e. The Bertz CT molecular complexity index is 562. The van der Waals surface area contributed by atoms with E-state index in [1.54, 1.807) is 0 Å². The highest BCUT2D eigenvalue weighted by Gasteiger charge is 2.60. The number of rotatable bonds is 3. The van der Waals surface area contributed by atoms with Crippen LogP contribution in [0.4, 0.5) is 5.69 Å². The molecule has 4 rings (SSSR count). The summed E-state index contributed by atoms with van der Waals surface area (Å²) in [4.78, 5) is 16.3. The van der Waals surface area contributed by atoms with E-state index in [0.29, 0.717) is 18.6 Å². The number of ether oxygens (including phenoxy) is 1. The van der Waals surface area contributed by atoms with Crippen LogP contribution in [0.5, 0.6) is 0 Å². The summed E-state index contributed by atoms with van der Waals surface area (Å²) in [6.07, 6.45) is 1.33. The second-order valence-electron chi connectivity index (χ2n) is 6.53. The summed E-state index contributed by atoms with van der Waals surface area (Å²) in [6.45, 7) is 7.34. The predicted molar refractivity (Wildman–Crippen MR) is 88.8 cm³/mol. The van der Waals surface area contributed by atoms with Crippen molar-refractivity contribution in [2.75, 3.05) is 44.3 Å². The molecule has 2 unspecified atom stereocenters. The van der Waals surface area contributed by atoms with Crippen LogP contribution in [0.15, 0.2) is 24.3 Å². The van der Waals surface area contributed by atoms with Gasteiger partial charge in [-0.05, 0) is 36.6 Å². The molecule has 22 heavy (non-hydrogen) atoms. The third-order valence-corrected chi connectivity index (χ3v) is 5.40. The monoisotopic (exact) mass is 322 g/mol. The molecular formula is C17H23ClN2O2. The minimum absolute atomic E-state index is 0. The molecule has 1 aromatic rings. The van der Waals surface area contributed by atoms with E-state index in [-0.39, 0.29) is 24.9 Å². The average molecular weight is 323 g/mol. The van der Waals surface area contributed by atoms with Crippen LogP contribution in [0.25, 0.3) is 0 Å². The molecule has 0 radical (unpaired) electrons. The maximum absolute atomic E-state index is 11.9. The van der Waals surface area contributed by atoms with Crippen LogP contribution in [0.2, 0.25) is 0 Å². The summed E-state index contributed by atoms with van der Waals surface area (Å²) < 4.78 is 5.19. The molecule has 2 heterocycles. The van der Waals surface area contributed by atoms with Crippen molar-refractivity contribution in [2.45, 2.75) is 18.8 Å². The Labute approximate surface area is 137 Å². The van der Waals surface area contributed by atoms with Gasteiger partial charge in [0.15, 0.2) is 0 Å². The highest BCUT2D eigenvalue weighted by Crippen LogP contribution is 2.58. The molecule has 4 nitrogen and oxygen atoms in total. The Morgan fingerprint density at radius 3 is 2.73 bits per heavy atom. The quantitative estimate of drug-likeness (QED) is 0.854. The van der Waals surface area contributed by atoms with Gasteiger partial charge in [0.2, 0.25) is 0 Å². The third kappa shape index (κ3) is 2.43. The largest absolute Gasteiger partial charge is 0.370 e. The summed E-state index contributed by atoms with van der Waals surface area (Å²) in [5.74, 6) is 0.905. The molecule has 0 N–H and O–H groups in total. The number of anilines is 1. The zero-order valence-corrected chi connectivity index (χ0v) is 13.8. The molecule has 3 aliphatic rings. The lowest BCUT2D eigenvalue weighted by atomic mass is 9.94. The van der Waals surface area contributed by atoms with E-state index in [1.165, 1.54) is 25.1 Å². The first kappa shape index (κ1) is 15.8. The van der Waals surface area contributed by atoms with Crippen LogP contribution in [-0.4, -0.2) is 50.2 Å². The number of carbonyl (C=O) groups is 1. The molecule has 1 aromatic carbocycles. The first-order valence-corrected chi connectivity index (χ1v) is 7.94. The number of morpholine rings is 1. The van der Waals surface area contributed by atoms with E-state index >= 15 is 0 Å². The van der Waals surface area contributed by atoms with Crippen molar-refractivity contribution < 1.29 is 9.53 Å². The molecule has 5 heteroatoms. The van der Waals surface area contributed by atoms with Crippen molar-refractivity contribution in [1.82, 2.24) is 4.90 Å². The number of hydrogen-bond donors (Lipinski definition) is 0. The van der Waals surface area contributed by atoms with E-state index in [0.717, 1.165) is 18.2 Å². The van der Waals surface area contributed by atoms with Crippen molar-refractivity contribution in [2.24, 2.45) is 5.92 Å². The fourth-order valence-electron chi connectivity index (χ4n) is 4.04. The van der Waals surface area contributed by atoms with Gasteiger partial charge >= 0.3 is 0 Å². The Balaban J connectivity index is 0.00000144. The number of halogens is 1. The van der Waals surface area contributed by atoms with Crippen LogP contribution < -0.4 is 4.90 Å². The molecule has 3 fully saturated rings. The summed E-state index contributed by atoms with van der Waals surface area (Å²) in [5, 5.41) is 0. The van der Waals surface area contributed by atoms with Gasteiger partial charge in [0, 0.05) is 30.7 Å². The van der Waals surface area contributed by atoms with Crippen molar-refractivity contribution in [3.63, 3.8) is 0 Å². The second-order valence-corrected chi connectivity index (χ2v) is 6.53. The number of likely N-dealkylation sites (N-methyl/N-ethyl adjacent to an activating group) is 1. The number of benzene rings is 1. The first-order valence-electron chi connectivity index (χ1n) is 7.94. The van der Waals surface area contributed by atoms with Crippen LogP contribution in [0.1, 0.15) is 18.9 Å². The predicted octanol–water partition coefficient (Wildman–Crippen LogP) is 2.06. The molecule has 1 amide bonds. The standard InChI is InChI=1S/C17H22N2O2.ClH/c1-2-18-10-14-9-17(14,12-18)13-3-5-15(6-4-13)19-7-8-21-11-16(19)20;/h3-6,14H,2,7-12H2,1H3;1H. The molecule has 120 valence electrons. The lowest BCUT2D eigenvalue weighted by Gasteiger charge is -2.27. The van der Waals surface area contributed by atoms with Crippen LogP contribution in [0.3, 0.4) is 0 Å². The third-order valence-electron chi connectivity index (χ3n) is 5.40. The Morgan fingerprint density at radius 1 is 1.32 bits per heavy atom. The first-order chi connectivity index (χ1) is 10.2. The van der Waals surface area contributed by atoms with Crippen molar-refractivity contribution in [3.05, 3.63) is 29.8 Å². The van der Waals surface area contributed by atoms with E-state index in [2.05, 4.69) is 36.1 Å². The van der Waals surface area contributed by atoms with Gasteiger partial charge in [-0.15, -0.1) is 12.4 Å². The molecule has 1 saturated carbocycles. The highest BCUT2D eigenvalue weighted by molar-refractivity contribution is 5.94. The van der Waals surface area contributed by atoms with Gasteiger partial charge in [-0.2, -0.15) is 0 Å². The van der Waals surface area contributed by atoms with Crippen molar-refractivity contribution in [1.29, 1.82) is 0 Å². The van der Waals surface area contributed by atoms with Gasteiger partial charge in [0.25, 0.3) is 5.91 Å². The van der Waals surface area contributed by atoms with E-state index < -0.39 is 0 Å². The van der Waals surface area contributed by atoms with Crippen molar-refractivity contribution in [3.8, 4) is 0 Å². The molecule has 0 aromatic heterocycles. The normalized spacial score (nSPS) is 30.9. The average Bonchev–Trinajstić information content (AvgIpc) is 3.10. The second kappa shape index (κ2) is 5.84. The summed E-state index contributed by atoms with van der Waals surface area (Å²) in [7, 11) is 0. The number of fused-ring (bicyclic) bond motifs is 1. The number of piperidine rings is 1. The topological polar surface area (TPSA) is 32.8 Å². The van der Waals surface area contributed by atoms with Crippen LogP contribution in [0, 0.1) is 5.92 Å². The van der Waals surface area contributed by atoms with Gasteiger partial charge in [0.1, 0.15) is 6.61 Å². The fraction of sp³-hybridized carbons (Fsp3) is 0.588. The van der Waals surface area contributed by atoms with E-state index in [4.69, 9.17) is 4.74 Å². The Kier molecular flexibility index (Phi) is 4.19. The molecule has 1 aliphatic carbocycles. The van der Waals surface area contributed by atoms with E-state index in [1.807, 2.05) is 4.90 Å². The maximum atomic E-state index is 11.9. The molecule has 0 spiro atoms. The molecule has 2 saturated heterocycles. The SMILES string of the molecule is CCN1CC2CC2(c2ccc(N3CCOCC3=O)cc2)C1.Cl. The molecule has 2 aliphatic heterocycles. The fourth-order valence-corrected chi connectivity index (χ4v) is 4.04. The number of carbonyl (C=O) groups excluding carboxylic acids is 1. The van der Waals surface area contributed by atoms with E-state index in [9.17, 15) is 4.79 Å². The van der Waals surface area contributed by atoms with Crippen molar-refractivity contribution >= 4 is 24.0 Å². The minimum atomic E-state index is 0. The van der Waals surface area contributed by atoms with Gasteiger partial charge in [-0.3, -0.25) is 4.79 Å². The Hall–Kier alpha value is -1.10. The lowest BCUT2D eigenvalue weighted by Crippen LogP contribution is -2.41. The smallest absolute Gasteiger partial charge is 0.253 e. The van der Waals surface area contributed by atoms with Gasteiger partial charge in [-0.1, -0.05) is 19.1 Å². The number of hydrogen-bond acceptors (Lipinski definition) is 3. The van der Waals surface area contributed by atoms with Gasteiger partial charge in [0.05, 0.1) is 6.61 Å². The lowest BCUT2D eigenvalue weighted by molar-refractivity contribution is -0.125. The summed E-state index contributed by atoms with van der Waals surface area (Å²) in [6, 6.07) is 8.68. The molecular weight excluding hydrogens is 300 g/mol. The number of nitrogens with zero attached hydrogens (tertiary/aromatic N) is 2. The molecule has 0 bridgehead atoms. The molecule has 2 atom stereocenters. The van der Waals surface area contributed by atoms with Crippen LogP contribution in [-0.2, 0) is 14.9 Å². The van der Waals surface area contributed by atoms with Gasteiger partial charge in [-0.25, -0.2) is 0 Å². The zero-order valence-electron chi connectivity index (χ0n) is 13.0. The minimum Gasteiger partial charge on any atom is -0.370 e. The highest BCUT2D eigenvalue weighted by atomic mass is 35.5. The van der Waals surface area contributed by atoms with Crippen LogP contribution >= 0.6 is 12.4 Å². The Morgan fingerprint density at radius 2 is 2.09 bits per heavy atom. The number of amides is 1. The number of likely N-dealkylation sites (tertiary alicyclic amines) is 1. The van der Waals surface area contributed by atoms with Gasteiger partial charge < -0.3 is 14.5 Å².